The molecule has 0 saturated carbocycles. The van der Waals surface area contributed by atoms with Crippen molar-refractivity contribution in [1.82, 2.24) is 5.32 Å². The van der Waals surface area contributed by atoms with Crippen molar-refractivity contribution in [2.75, 3.05) is 6.54 Å². The van der Waals surface area contributed by atoms with Gasteiger partial charge in [-0.15, -0.1) is 0 Å². The van der Waals surface area contributed by atoms with E-state index in [-0.39, 0.29) is 11.3 Å². The maximum Gasteiger partial charge on any atom is 0.334 e. The number of carbonyl (C=O) groups is 2. The van der Waals surface area contributed by atoms with Gasteiger partial charge >= 0.3 is 5.97 Å². The zero-order valence-electron chi connectivity index (χ0n) is 10.2. The first-order valence-electron chi connectivity index (χ1n) is 5.52. The van der Waals surface area contributed by atoms with E-state index in [4.69, 9.17) is 10.2 Å². The number of benzene rings is 1. The average molecular weight is 280 g/mol. The molecule has 1 aromatic carbocycles. The molecule has 1 rings (SSSR count). The molecule has 106 valence electrons. The van der Waals surface area contributed by atoms with Crippen LogP contribution in [-0.4, -0.2) is 39.7 Å². The molecule has 0 unspecified atom stereocenters. The fourth-order valence-electron chi connectivity index (χ4n) is 1.30. The van der Waals surface area contributed by atoms with Gasteiger partial charge in [0.15, 0.2) is 6.10 Å². The standard InChI is InChI=1S/C12H12N2O6/c15-10(12(17)18)7-13-11(16)6-5-8-3-1-2-4-9(8)14(19)20/h1-6,10,15H,7H2,(H,13,16)(H,17,18)/b6-5+/t10-/m0/s1. The number of aliphatic hydroxyl groups excluding tert-OH is 1. The Morgan fingerprint density at radius 3 is 2.65 bits per heavy atom. The van der Waals surface area contributed by atoms with Crippen molar-refractivity contribution >= 4 is 23.6 Å². The third-order valence-corrected chi connectivity index (χ3v) is 2.30. The van der Waals surface area contributed by atoms with Crippen LogP contribution >= 0.6 is 0 Å². The molecule has 0 fully saturated rings. The zero-order valence-corrected chi connectivity index (χ0v) is 10.2. The van der Waals surface area contributed by atoms with Crippen LogP contribution in [0.2, 0.25) is 0 Å². The number of nitro groups is 1. The van der Waals surface area contributed by atoms with Crippen LogP contribution in [0.1, 0.15) is 5.56 Å². The summed E-state index contributed by atoms with van der Waals surface area (Å²) < 4.78 is 0. The number of aliphatic hydroxyl groups is 1. The molecule has 0 saturated heterocycles. The molecule has 3 N–H and O–H groups in total. The van der Waals surface area contributed by atoms with Crippen molar-refractivity contribution in [2.24, 2.45) is 0 Å². The second-order valence-electron chi connectivity index (χ2n) is 3.75. The van der Waals surface area contributed by atoms with Crippen LogP contribution in [0.4, 0.5) is 5.69 Å². The molecule has 8 nitrogen and oxygen atoms in total. The van der Waals surface area contributed by atoms with E-state index in [0.29, 0.717) is 0 Å². The molecule has 0 heterocycles. The summed E-state index contributed by atoms with van der Waals surface area (Å²) in [7, 11) is 0. The summed E-state index contributed by atoms with van der Waals surface area (Å²) in [6.07, 6.45) is 0.566. The topological polar surface area (TPSA) is 130 Å². The van der Waals surface area contributed by atoms with E-state index in [9.17, 15) is 19.7 Å². The lowest BCUT2D eigenvalue weighted by Crippen LogP contribution is -2.35. The Morgan fingerprint density at radius 2 is 2.05 bits per heavy atom. The molecule has 1 amide bonds. The summed E-state index contributed by atoms with van der Waals surface area (Å²) in [5.41, 5.74) is 0.0913. The highest BCUT2D eigenvalue weighted by Gasteiger charge is 2.13. The summed E-state index contributed by atoms with van der Waals surface area (Å²) in [6, 6.07) is 5.84. The number of carbonyl (C=O) groups excluding carboxylic acids is 1. The van der Waals surface area contributed by atoms with Gasteiger partial charge in [-0.05, 0) is 12.1 Å². The normalized spacial score (nSPS) is 12.1. The maximum absolute atomic E-state index is 11.4. The minimum Gasteiger partial charge on any atom is -0.479 e. The Labute approximate surface area is 113 Å². The number of aliphatic carboxylic acids is 1. The van der Waals surface area contributed by atoms with E-state index in [1.54, 1.807) is 6.07 Å². The van der Waals surface area contributed by atoms with E-state index >= 15 is 0 Å². The Bertz CT molecular complexity index is 555. The first-order chi connectivity index (χ1) is 9.41. The Hall–Kier alpha value is -2.74. The summed E-state index contributed by atoms with van der Waals surface area (Å²) in [4.78, 5) is 31.8. The van der Waals surface area contributed by atoms with E-state index < -0.39 is 29.4 Å². The first-order valence-corrected chi connectivity index (χ1v) is 5.52. The van der Waals surface area contributed by atoms with Gasteiger partial charge in [0.05, 0.1) is 17.0 Å². The Balaban J connectivity index is 2.66. The predicted octanol–water partition coefficient (Wildman–Crippen LogP) is 0.170. The number of amides is 1. The Kier molecular flexibility index (Phi) is 5.36. The van der Waals surface area contributed by atoms with Crippen molar-refractivity contribution in [3.8, 4) is 0 Å². The minimum absolute atomic E-state index is 0.151. The number of rotatable bonds is 6. The van der Waals surface area contributed by atoms with Gasteiger partial charge in [0.2, 0.25) is 5.91 Å². The van der Waals surface area contributed by atoms with Crippen molar-refractivity contribution in [2.45, 2.75) is 6.10 Å². The van der Waals surface area contributed by atoms with Gasteiger partial charge in [0, 0.05) is 12.1 Å². The van der Waals surface area contributed by atoms with E-state index in [1.807, 2.05) is 0 Å². The minimum atomic E-state index is -1.70. The summed E-state index contributed by atoms with van der Waals surface area (Å²) in [6.45, 7) is -0.449. The molecule has 0 aliphatic carbocycles. The third kappa shape index (κ3) is 4.50. The molecule has 1 atom stereocenters. The molecule has 0 spiro atoms. The first kappa shape index (κ1) is 15.3. The number of carboxylic acids is 1. The number of nitro benzene ring substituents is 1. The zero-order chi connectivity index (χ0) is 15.1. The molecule has 0 aromatic heterocycles. The number of carboxylic acid groups (broad SMARTS) is 1. The molecular weight excluding hydrogens is 268 g/mol. The van der Waals surface area contributed by atoms with Crippen molar-refractivity contribution in [1.29, 1.82) is 0 Å². The lowest BCUT2D eigenvalue weighted by Gasteiger charge is -2.05. The van der Waals surface area contributed by atoms with Crippen LogP contribution in [0.25, 0.3) is 6.08 Å². The average Bonchev–Trinajstić information content (AvgIpc) is 2.42. The SMILES string of the molecule is O=C(/C=C/c1ccccc1[N+](=O)[O-])NC[C@H](O)C(=O)O. The van der Waals surface area contributed by atoms with Crippen LogP contribution in [0.15, 0.2) is 30.3 Å². The van der Waals surface area contributed by atoms with Crippen LogP contribution in [0.5, 0.6) is 0 Å². The number of hydrogen-bond acceptors (Lipinski definition) is 5. The number of nitrogens with zero attached hydrogens (tertiary/aromatic N) is 1. The van der Waals surface area contributed by atoms with Crippen LogP contribution < -0.4 is 5.32 Å². The van der Waals surface area contributed by atoms with Crippen LogP contribution in [0, 0.1) is 10.1 Å². The van der Waals surface area contributed by atoms with Gasteiger partial charge < -0.3 is 15.5 Å². The molecule has 8 heteroatoms. The molecule has 0 aliphatic heterocycles. The van der Waals surface area contributed by atoms with Crippen molar-refractivity contribution < 1.29 is 24.7 Å². The second-order valence-corrected chi connectivity index (χ2v) is 3.75. The van der Waals surface area contributed by atoms with E-state index in [0.717, 1.165) is 6.08 Å². The summed E-state index contributed by atoms with van der Waals surface area (Å²) in [5.74, 6) is -2.11. The highest BCUT2D eigenvalue weighted by Crippen LogP contribution is 2.18. The van der Waals surface area contributed by atoms with Crippen molar-refractivity contribution in [3.63, 3.8) is 0 Å². The van der Waals surface area contributed by atoms with Crippen LogP contribution in [0.3, 0.4) is 0 Å². The lowest BCUT2D eigenvalue weighted by molar-refractivity contribution is -0.385. The smallest absolute Gasteiger partial charge is 0.334 e. The number of nitrogens with one attached hydrogen (secondary N) is 1. The molecule has 1 aromatic rings. The predicted molar refractivity (Wildman–Crippen MR) is 68.8 cm³/mol. The largest absolute Gasteiger partial charge is 0.479 e. The lowest BCUT2D eigenvalue weighted by atomic mass is 10.1. The summed E-state index contributed by atoms with van der Waals surface area (Å²) >= 11 is 0. The quantitative estimate of drug-likeness (QED) is 0.387. The number of hydrogen-bond donors (Lipinski definition) is 3. The van der Waals surface area contributed by atoms with Gasteiger partial charge in [-0.1, -0.05) is 12.1 Å². The second kappa shape index (κ2) is 7.00. The van der Waals surface area contributed by atoms with Gasteiger partial charge in [-0.3, -0.25) is 14.9 Å². The monoisotopic (exact) mass is 280 g/mol. The van der Waals surface area contributed by atoms with Gasteiger partial charge in [-0.2, -0.15) is 0 Å². The van der Waals surface area contributed by atoms with E-state index in [2.05, 4.69) is 5.32 Å². The molecule has 20 heavy (non-hydrogen) atoms. The van der Waals surface area contributed by atoms with E-state index in [1.165, 1.54) is 24.3 Å². The molecule has 0 radical (unpaired) electrons. The third-order valence-electron chi connectivity index (χ3n) is 2.30. The van der Waals surface area contributed by atoms with Gasteiger partial charge in [-0.25, -0.2) is 4.79 Å². The van der Waals surface area contributed by atoms with Gasteiger partial charge in [0.25, 0.3) is 5.69 Å². The van der Waals surface area contributed by atoms with Gasteiger partial charge in [0.1, 0.15) is 0 Å². The summed E-state index contributed by atoms with van der Waals surface area (Å²) in [5, 5.41) is 30.2. The molecule has 0 bridgehead atoms. The van der Waals surface area contributed by atoms with Crippen LogP contribution in [-0.2, 0) is 9.59 Å². The molecule has 0 aliphatic rings. The number of para-hydroxylation sites is 1. The molecular formula is C12H12N2O6. The fraction of sp³-hybridized carbons (Fsp3) is 0.167. The fourth-order valence-corrected chi connectivity index (χ4v) is 1.30. The Morgan fingerprint density at radius 1 is 1.40 bits per heavy atom. The van der Waals surface area contributed by atoms with Crippen molar-refractivity contribution in [3.05, 3.63) is 46.0 Å². The maximum atomic E-state index is 11.4. The highest BCUT2D eigenvalue weighted by molar-refractivity contribution is 5.92. The highest BCUT2D eigenvalue weighted by atomic mass is 16.6.